The third-order valence-corrected chi connectivity index (χ3v) is 7.59. The van der Waals surface area contributed by atoms with Gasteiger partial charge in [0.15, 0.2) is 0 Å². The second-order valence-corrected chi connectivity index (χ2v) is 10.6. The molecule has 0 aromatic rings. The molecule has 2 aliphatic carbocycles. The van der Waals surface area contributed by atoms with E-state index >= 15 is 0 Å². The Kier molecular flexibility index (Phi) is 7.67. The van der Waals surface area contributed by atoms with Crippen LogP contribution in [0.2, 0.25) is 0 Å². The number of carbonyl (C=O) groups excluding carboxylic acids is 2. The van der Waals surface area contributed by atoms with Gasteiger partial charge in [0.1, 0.15) is 12.2 Å². The molecular weight excluding hydrogens is 392 g/mol. The van der Waals surface area contributed by atoms with Crippen molar-refractivity contribution in [2.24, 2.45) is 29.1 Å². The molecule has 0 aromatic carbocycles. The van der Waals surface area contributed by atoms with Crippen LogP contribution in [0.4, 0.5) is 0 Å². The highest BCUT2D eigenvalue weighted by Gasteiger charge is 2.42. The van der Waals surface area contributed by atoms with Gasteiger partial charge in [0.25, 0.3) is 0 Å². The number of hydrogen-bond acceptors (Lipinski definition) is 5. The van der Waals surface area contributed by atoms with E-state index in [0.717, 1.165) is 32.1 Å². The first-order chi connectivity index (χ1) is 14.6. The summed E-state index contributed by atoms with van der Waals surface area (Å²) in [6.07, 6.45) is 10.9. The quantitative estimate of drug-likeness (QED) is 0.575. The van der Waals surface area contributed by atoms with Crippen molar-refractivity contribution in [3.8, 4) is 0 Å². The average molecular weight is 433 g/mol. The summed E-state index contributed by atoms with van der Waals surface area (Å²) >= 11 is 0. The van der Waals surface area contributed by atoms with Crippen molar-refractivity contribution in [1.29, 1.82) is 0 Å². The van der Waals surface area contributed by atoms with Gasteiger partial charge in [-0.15, -0.1) is 0 Å². The maximum Gasteiger partial charge on any atom is 0.311 e. The molecule has 1 aliphatic heterocycles. The van der Waals surface area contributed by atoms with Crippen LogP contribution in [0, 0.1) is 29.1 Å². The first-order valence-electron chi connectivity index (χ1n) is 12.1. The van der Waals surface area contributed by atoms with Gasteiger partial charge in [-0.05, 0) is 69.3 Å². The number of fused-ring (bicyclic) bond motifs is 1. The molecule has 0 amide bonds. The van der Waals surface area contributed by atoms with E-state index in [9.17, 15) is 14.7 Å². The van der Waals surface area contributed by atoms with Crippen molar-refractivity contribution in [2.75, 3.05) is 0 Å². The van der Waals surface area contributed by atoms with Crippen LogP contribution in [0.3, 0.4) is 0 Å². The van der Waals surface area contributed by atoms with E-state index in [-0.39, 0.29) is 36.5 Å². The van der Waals surface area contributed by atoms with E-state index in [1.54, 1.807) is 0 Å². The van der Waals surface area contributed by atoms with Gasteiger partial charge in [-0.3, -0.25) is 9.59 Å². The summed E-state index contributed by atoms with van der Waals surface area (Å²) in [7, 11) is 0. The summed E-state index contributed by atoms with van der Waals surface area (Å²) in [5, 5.41) is 9.86. The van der Waals surface area contributed by atoms with Gasteiger partial charge in [-0.25, -0.2) is 0 Å². The zero-order valence-electron chi connectivity index (χ0n) is 19.8. The van der Waals surface area contributed by atoms with Crippen molar-refractivity contribution in [3.63, 3.8) is 0 Å². The van der Waals surface area contributed by atoms with Gasteiger partial charge >= 0.3 is 11.9 Å². The average Bonchev–Trinajstić information content (AvgIpc) is 2.68. The topological polar surface area (TPSA) is 72.8 Å². The third-order valence-electron chi connectivity index (χ3n) is 7.59. The predicted molar refractivity (Wildman–Crippen MR) is 120 cm³/mol. The lowest BCUT2D eigenvalue weighted by atomic mass is 9.65. The predicted octanol–water partition coefficient (Wildman–Crippen LogP) is 4.98. The minimum Gasteiger partial charge on any atom is -0.462 e. The SMILES string of the molecule is CCC(C)(C)C(=O)O[C@H]1C[C@@H](C)C=C2C=C[C@H](C)[C@H](CCC[C@@H]3CC(O)CC(=O)O3)[C@H]21. The van der Waals surface area contributed by atoms with Crippen molar-refractivity contribution in [3.05, 3.63) is 23.8 Å². The molecule has 0 saturated carbocycles. The molecule has 5 nitrogen and oxygen atoms in total. The van der Waals surface area contributed by atoms with E-state index < -0.39 is 11.5 Å². The number of carbonyl (C=O) groups is 2. The monoisotopic (exact) mass is 432 g/mol. The molecule has 174 valence electrons. The van der Waals surface area contributed by atoms with Crippen molar-refractivity contribution in [1.82, 2.24) is 0 Å². The maximum atomic E-state index is 12.9. The first kappa shape index (κ1) is 24.0. The van der Waals surface area contributed by atoms with Crippen LogP contribution in [0.15, 0.2) is 23.8 Å². The number of allylic oxidation sites excluding steroid dienone is 3. The maximum absolute atomic E-state index is 12.9. The number of cyclic esters (lactones) is 1. The Morgan fingerprint density at radius 1 is 1.26 bits per heavy atom. The molecule has 0 aromatic heterocycles. The molecule has 0 spiro atoms. The van der Waals surface area contributed by atoms with Crippen LogP contribution in [0.1, 0.15) is 79.6 Å². The highest BCUT2D eigenvalue weighted by molar-refractivity contribution is 5.76. The van der Waals surface area contributed by atoms with Gasteiger partial charge in [0.05, 0.1) is 17.9 Å². The molecule has 1 N–H and O–H groups in total. The molecule has 7 atom stereocenters. The third kappa shape index (κ3) is 5.79. The standard InChI is InChI=1S/C26H40O5/c1-6-26(4,5)25(29)31-22-13-16(2)12-18-11-10-17(3)21(24(18)22)9-7-8-20-14-19(27)15-23(28)30-20/h10-12,16-17,19-22,24,27H,6-9,13-15H2,1-5H3/t16-,17-,19?,20+,21-,22-,24-/m0/s1. The summed E-state index contributed by atoms with van der Waals surface area (Å²) in [6, 6.07) is 0. The summed E-state index contributed by atoms with van der Waals surface area (Å²) < 4.78 is 11.6. The molecular formula is C26H40O5. The molecule has 1 saturated heterocycles. The van der Waals surface area contributed by atoms with Crippen molar-refractivity contribution in [2.45, 2.75) is 97.9 Å². The van der Waals surface area contributed by atoms with Gasteiger partial charge in [-0.2, -0.15) is 0 Å². The molecule has 1 fully saturated rings. The van der Waals surface area contributed by atoms with Crippen LogP contribution >= 0.6 is 0 Å². The minimum atomic E-state index is -0.581. The molecule has 5 heteroatoms. The van der Waals surface area contributed by atoms with Crippen LogP contribution < -0.4 is 0 Å². The second-order valence-electron chi connectivity index (χ2n) is 10.6. The lowest BCUT2D eigenvalue weighted by molar-refractivity contribution is -0.164. The molecule has 1 heterocycles. The first-order valence-corrected chi connectivity index (χ1v) is 12.1. The normalized spacial score (nSPS) is 35.7. The number of ether oxygens (including phenoxy) is 2. The highest BCUT2D eigenvalue weighted by atomic mass is 16.6. The largest absolute Gasteiger partial charge is 0.462 e. The number of esters is 2. The van der Waals surface area contributed by atoms with E-state index in [1.165, 1.54) is 5.57 Å². The number of rotatable bonds is 7. The second kappa shape index (κ2) is 9.89. The Morgan fingerprint density at radius 2 is 2.00 bits per heavy atom. The van der Waals surface area contributed by atoms with Gasteiger partial charge in [0, 0.05) is 12.3 Å². The zero-order chi connectivity index (χ0) is 22.8. The Bertz CT molecular complexity index is 721. The van der Waals surface area contributed by atoms with E-state index in [4.69, 9.17) is 9.47 Å². The molecule has 3 aliphatic rings. The van der Waals surface area contributed by atoms with Gasteiger partial charge in [0.2, 0.25) is 0 Å². The van der Waals surface area contributed by atoms with Crippen molar-refractivity contribution < 1.29 is 24.2 Å². The fourth-order valence-electron chi connectivity index (χ4n) is 5.28. The Labute approximate surface area is 187 Å². The summed E-state index contributed by atoms with van der Waals surface area (Å²) in [6.45, 7) is 10.4. The zero-order valence-corrected chi connectivity index (χ0v) is 19.8. The Hall–Kier alpha value is -1.62. The summed E-state index contributed by atoms with van der Waals surface area (Å²) in [4.78, 5) is 24.5. The lowest BCUT2D eigenvalue weighted by Crippen LogP contribution is -2.42. The highest BCUT2D eigenvalue weighted by Crippen LogP contribution is 2.45. The van der Waals surface area contributed by atoms with Crippen LogP contribution in [0.5, 0.6) is 0 Å². The van der Waals surface area contributed by atoms with Crippen molar-refractivity contribution >= 4 is 11.9 Å². The van der Waals surface area contributed by atoms with E-state index in [1.807, 2.05) is 20.8 Å². The molecule has 3 rings (SSSR count). The van der Waals surface area contributed by atoms with E-state index in [0.29, 0.717) is 24.2 Å². The number of aliphatic hydroxyl groups is 1. The number of aliphatic hydroxyl groups excluding tert-OH is 1. The minimum absolute atomic E-state index is 0.0972. The van der Waals surface area contributed by atoms with Gasteiger partial charge < -0.3 is 14.6 Å². The smallest absolute Gasteiger partial charge is 0.311 e. The summed E-state index contributed by atoms with van der Waals surface area (Å²) in [5.74, 6) is 0.987. The van der Waals surface area contributed by atoms with Gasteiger partial charge in [-0.1, -0.05) is 39.0 Å². The Balaban J connectivity index is 1.69. The fraction of sp³-hybridized carbons (Fsp3) is 0.769. The molecule has 0 radical (unpaired) electrons. The fourth-order valence-corrected chi connectivity index (χ4v) is 5.28. The summed E-state index contributed by atoms with van der Waals surface area (Å²) in [5.41, 5.74) is 0.829. The molecule has 31 heavy (non-hydrogen) atoms. The van der Waals surface area contributed by atoms with Crippen LogP contribution in [-0.2, 0) is 19.1 Å². The number of hydrogen-bond donors (Lipinski definition) is 1. The van der Waals surface area contributed by atoms with Crippen LogP contribution in [-0.4, -0.2) is 35.4 Å². The Morgan fingerprint density at radius 3 is 2.68 bits per heavy atom. The molecule has 0 bridgehead atoms. The lowest BCUT2D eigenvalue weighted by Gasteiger charge is -2.43. The van der Waals surface area contributed by atoms with Crippen LogP contribution in [0.25, 0.3) is 0 Å². The van der Waals surface area contributed by atoms with E-state index in [2.05, 4.69) is 32.1 Å². The molecule has 1 unspecified atom stereocenters.